The second-order valence-corrected chi connectivity index (χ2v) is 5.73. The third-order valence-corrected chi connectivity index (χ3v) is 4.82. The van der Waals surface area contributed by atoms with Crippen molar-refractivity contribution in [1.29, 1.82) is 0 Å². The normalized spacial score (nSPS) is 14.1. The molecule has 0 saturated heterocycles. The molecule has 0 fully saturated rings. The van der Waals surface area contributed by atoms with E-state index in [0.717, 1.165) is 11.2 Å². The summed E-state index contributed by atoms with van der Waals surface area (Å²) in [6.45, 7) is 9.10. The van der Waals surface area contributed by atoms with E-state index in [1.54, 1.807) is 0 Å². The molecule has 0 aliphatic carbocycles. The Hall–Kier alpha value is 0.700. The van der Waals surface area contributed by atoms with Gasteiger partial charge in [-0.15, -0.1) is 0 Å². The zero-order valence-corrected chi connectivity index (χ0v) is 9.02. The highest BCUT2D eigenvalue weighted by molar-refractivity contribution is 8.76. The van der Waals surface area contributed by atoms with Crippen LogP contribution in [0, 0.1) is 5.92 Å². The molecule has 0 aliphatic heterocycles. The second kappa shape index (κ2) is 6.41. The molecule has 0 radical (unpaired) electrons. The summed E-state index contributed by atoms with van der Waals surface area (Å²) < 4.78 is 0. The predicted octanol–water partition coefficient (Wildman–Crippen LogP) is 3.82. The van der Waals surface area contributed by atoms with Crippen molar-refractivity contribution in [3.63, 3.8) is 0 Å². The third kappa shape index (κ3) is 5.48. The zero-order valence-electron chi connectivity index (χ0n) is 7.39. The van der Waals surface area contributed by atoms with E-state index >= 15 is 0 Å². The smallest absolute Gasteiger partial charge is 0.0146 e. The van der Waals surface area contributed by atoms with Gasteiger partial charge in [0.15, 0.2) is 0 Å². The highest BCUT2D eigenvalue weighted by Gasteiger charge is 2.06. The average Bonchev–Trinajstić information content (AvgIpc) is 1.88. The van der Waals surface area contributed by atoms with Gasteiger partial charge in [-0.25, -0.2) is 0 Å². The minimum atomic E-state index is 0.802. The lowest BCUT2D eigenvalue weighted by atomic mass is 10.2. The summed E-state index contributed by atoms with van der Waals surface area (Å²) in [6, 6.07) is 0. The van der Waals surface area contributed by atoms with Crippen LogP contribution < -0.4 is 0 Å². The molecule has 0 aliphatic rings. The van der Waals surface area contributed by atoms with Gasteiger partial charge in [-0.05, 0) is 12.3 Å². The summed E-state index contributed by atoms with van der Waals surface area (Å²) in [6.07, 6.45) is 1.29. The summed E-state index contributed by atoms with van der Waals surface area (Å²) in [4.78, 5) is 0. The fraction of sp³-hybridized carbons (Fsp3) is 1.00. The molecule has 0 amide bonds. The van der Waals surface area contributed by atoms with E-state index in [0.29, 0.717) is 0 Å². The van der Waals surface area contributed by atoms with Crippen LogP contribution in [-0.4, -0.2) is 11.0 Å². The van der Waals surface area contributed by atoms with Crippen LogP contribution >= 0.6 is 21.6 Å². The average molecular weight is 178 g/mol. The van der Waals surface area contributed by atoms with Gasteiger partial charge in [-0.1, -0.05) is 49.3 Å². The fourth-order valence-electron chi connectivity index (χ4n) is 0.350. The largest absolute Gasteiger partial charge is 0.0939 e. The second-order valence-electron chi connectivity index (χ2n) is 2.87. The van der Waals surface area contributed by atoms with Crippen LogP contribution in [-0.2, 0) is 0 Å². The first-order chi connectivity index (χ1) is 4.68. The molecule has 1 unspecified atom stereocenters. The molecule has 0 saturated carbocycles. The fourth-order valence-corrected chi connectivity index (χ4v) is 3.15. The Bertz CT molecular complexity index is 71.7. The van der Waals surface area contributed by atoms with Crippen molar-refractivity contribution in [3.05, 3.63) is 0 Å². The Morgan fingerprint density at radius 3 is 2.20 bits per heavy atom. The molecule has 62 valence electrons. The monoisotopic (exact) mass is 178 g/mol. The lowest BCUT2D eigenvalue weighted by Gasteiger charge is -2.12. The van der Waals surface area contributed by atoms with Crippen molar-refractivity contribution in [3.8, 4) is 0 Å². The van der Waals surface area contributed by atoms with Gasteiger partial charge < -0.3 is 0 Å². The Morgan fingerprint density at radius 1 is 1.20 bits per heavy atom. The standard InChI is InChI=1S/C8H18S2/c1-5-6-9-10-8(4)7(2)3/h7-8H,5-6H2,1-4H3. The van der Waals surface area contributed by atoms with Crippen LogP contribution in [0.2, 0.25) is 0 Å². The van der Waals surface area contributed by atoms with Gasteiger partial charge in [0.25, 0.3) is 0 Å². The molecule has 0 aromatic carbocycles. The van der Waals surface area contributed by atoms with E-state index in [1.807, 2.05) is 21.6 Å². The summed E-state index contributed by atoms with van der Waals surface area (Å²) in [7, 11) is 4.03. The summed E-state index contributed by atoms with van der Waals surface area (Å²) in [5, 5.41) is 0.802. The molecule has 0 bridgehead atoms. The minimum absolute atomic E-state index is 0.802. The van der Waals surface area contributed by atoms with Crippen LogP contribution in [0.15, 0.2) is 0 Å². The first-order valence-corrected chi connectivity index (χ1v) is 6.35. The lowest BCUT2D eigenvalue weighted by molar-refractivity contribution is 0.645. The van der Waals surface area contributed by atoms with E-state index in [-0.39, 0.29) is 0 Å². The van der Waals surface area contributed by atoms with E-state index in [2.05, 4.69) is 27.7 Å². The molecule has 0 aromatic rings. The maximum absolute atomic E-state index is 2.30. The molecule has 10 heavy (non-hydrogen) atoms. The van der Waals surface area contributed by atoms with Crippen LogP contribution in [0.1, 0.15) is 34.1 Å². The van der Waals surface area contributed by atoms with Crippen molar-refractivity contribution in [2.45, 2.75) is 39.4 Å². The summed E-state index contributed by atoms with van der Waals surface area (Å²) in [5.41, 5.74) is 0. The maximum Gasteiger partial charge on any atom is 0.0146 e. The quantitative estimate of drug-likeness (QED) is 0.463. The number of hydrogen-bond donors (Lipinski definition) is 0. The molecule has 0 rings (SSSR count). The first kappa shape index (κ1) is 10.7. The van der Waals surface area contributed by atoms with Crippen molar-refractivity contribution in [2.24, 2.45) is 5.92 Å². The van der Waals surface area contributed by atoms with E-state index in [1.165, 1.54) is 12.2 Å². The lowest BCUT2D eigenvalue weighted by Crippen LogP contribution is -2.03. The summed E-state index contributed by atoms with van der Waals surface area (Å²) >= 11 is 0. The van der Waals surface area contributed by atoms with Gasteiger partial charge in [-0.2, -0.15) is 0 Å². The minimum Gasteiger partial charge on any atom is -0.0939 e. The van der Waals surface area contributed by atoms with Crippen LogP contribution in [0.5, 0.6) is 0 Å². The molecular weight excluding hydrogens is 160 g/mol. The zero-order chi connectivity index (χ0) is 7.98. The highest BCUT2D eigenvalue weighted by Crippen LogP contribution is 2.30. The first-order valence-electron chi connectivity index (χ1n) is 3.96. The van der Waals surface area contributed by atoms with Crippen LogP contribution in [0.3, 0.4) is 0 Å². The van der Waals surface area contributed by atoms with Gasteiger partial charge >= 0.3 is 0 Å². The van der Waals surface area contributed by atoms with Crippen molar-refractivity contribution >= 4 is 21.6 Å². The molecule has 0 N–H and O–H groups in total. The van der Waals surface area contributed by atoms with Gasteiger partial charge in [0.1, 0.15) is 0 Å². The van der Waals surface area contributed by atoms with Gasteiger partial charge in [0, 0.05) is 11.0 Å². The number of hydrogen-bond acceptors (Lipinski definition) is 2. The van der Waals surface area contributed by atoms with Crippen LogP contribution in [0.4, 0.5) is 0 Å². The Labute approximate surface area is 72.9 Å². The third-order valence-electron chi connectivity index (χ3n) is 1.45. The maximum atomic E-state index is 2.30. The molecule has 0 aromatic heterocycles. The predicted molar refractivity (Wildman–Crippen MR) is 54.6 cm³/mol. The van der Waals surface area contributed by atoms with Crippen molar-refractivity contribution < 1.29 is 0 Å². The van der Waals surface area contributed by atoms with Crippen molar-refractivity contribution in [1.82, 2.24) is 0 Å². The Kier molecular flexibility index (Phi) is 6.86. The Morgan fingerprint density at radius 2 is 1.80 bits per heavy atom. The molecule has 0 nitrogen and oxygen atoms in total. The summed E-state index contributed by atoms with van der Waals surface area (Å²) in [5.74, 6) is 2.11. The van der Waals surface area contributed by atoms with E-state index in [9.17, 15) is 0 Å². The van der Waals surface area contributed by atoms with Gasteiger partial charge in [0.2, 0.25) is 0 Å². The molecule has 0 heterocycles. The van der Waals surface area contributed by atoms with Gasteiger partial charge in [0.05, 0.1) is 0 Å². The Balaban J connectivity index is 3.13. The highest BCUT2D eigenvalue weighted by atomic mass is 33.1. The topological polar surface area (TPSA) is 0 Å². The molecular formula is C8H18S2. The van der Waals surface area contributed by atoms with Crippen LogP contribution in [0.25, 0.3) is 0 Å². The molecule has 0 spiro atoms. The number of rotatable bonds is 5. The SMILES string of the molecule is CCCSSC(C)C(C)C. The van der Waals surface area contributed by atoms with E-state index in [4.69, 9.17) is 0 Å². The molecule has 2 heteroatoms. The van der Waals surface area contributed by atoms with Crippen molar-refractivity contribution in [2.75, 3.05) is 5.75 Å². The molecule has 1 atom stereocenters. The van der Waals surface area contributed by atoms with Gasteiger partial charge in [-0.3, -0.25) is 0 Å². The van der Waals surface area contributed by atoms with E-state index < -0.39 is 0 Å².